The predicted molar refractivity (Wildman–Crippen MR) is 91.7 cm³/mol. The molecule has 0 bridgehead atoms. The van der Waals surface area contributed by atoms with Crippen LogP contribution in [-0.2, 0) is 16.1 Å². The molecule has 0 saturated heterocycles. The van der Waals surface area contributed by atoms with Gasteiger partial charge in [0, 0.05) is 19.3 Å². The van der Waals surface area contributed by atoms with E-state index in [1.54, 1.807) is 27.0 Å². The molecule has 4 nitrogen and oxygen atoms in total. The molecule has 126 valence electrons. The highest BCUT2D eigenvalue weighted by atomic mass is 19.1. The van der Waals surface area contributed by atoms with Gasteiger partial charge in [-0.3, -0.25) is 9.59 Å². The molecule has 0 atom stereocenters. The van der Waals surface area contributed by atoms with Crippen LogP contribution in [-0.4, -0.2) is 23.8 Å². The van der Waals surface area contributed by atoms with Crippen LogP contribution >= 0.6 is 0 Å². The van der Waals surface area contributed by atoms with Gasteiger partial charge < -0.3 is 10.2 Å². The molecule has 0 aliphatic heterocycles. The number of benzene rings is 2. The number of amides is 2. The number of carbonyl (C=O) groups excluding carboxylic acids is 2. The van der Waals surface area contributed by atoms with Crippen LogP contribution in [0.1, 0.15) is 19.4 Å². The molecule has 2 aromatic rings. The summed E-state index contributed by atoms with van der Waals surface area (Å²) in [7, 11) is 1.66. The summed E-state index contributed by atoms with van der Waals surface area (Å²) in [5.74, 6) is -1.23. The van der Waals surface area contributed by atoms with E-state index in [0.717, 1.165) is 5.56 Å². The van der Waals surface area contributed by atoms with E-state index >= 15 is 0 Å². The summed E-state index contributed by atoms with van der Waals surface area (Å²) >= 11 is 0. The number of hydrogen-bond acceptors (Lipinski definition) is 2. The maximum atomic E-state index is 13.2. The van der Waals surface area contributed by atoms with E-state index in [2.05, 4.69) is 5.32 Å². The minimum absolute atomic E-state index is 0.305. The highest BCUT2D eigenvalue weighted by Crippen LogP contribution is 2.22. The van der Waals surface area contributed by atoms with E-state index in [4.69, 9.17) is 0 Å². The average Bonchev–Trinajstić information content (AvgIpc) is 2.55. The minimum atomic E-state index is -1.27. The summed E-state index contributed by atoms with van der Waals surface area (Å²) in [6, 6.07) is 15.1. The number of carbonyl (C=O) groups is 2. The summed E-state index contributed by atoms with van der Waals surface area (Å²) in [5.41, 5.74) is 0.0387. The van der Waals surface area contributed by atoms with Crippen LogP contribution < -0.4 is 5.32 Å². The SMILES string of the molecule is CN(Cc1ccccc1)C(=O)C(C)(C)C(=O)Nc1cccc(F)c1. The van der Waals surface area contributed by atoms with Crippen molar-refractivity contribution in [2.45, 2.75) is 20.4 Å². The van der Waals surface area contributed by atoms with Crippen molar-refractivity contribution >= 4 is 17.5 Å². The van der Waals surface area contributed by atoms with Crippen molar-refractivity contribution in [1.29, 1.82) is 0 Å². The Labute approximate surface area is 141 Å². The molecule has 2 aromatic carbocycles. The lowest BCUT2D eigenvalue weighted by Crippen LogP contribution is -2.45. The molecular formula is C19H21FN2O2. The molecule has 1 N–H and O–H groups in total. The Morgan fingerprint density at radius 1 is 1.08 bits per heavy atom. The predicted octanol–water partition coefficient (Wildman–Crippen LogP) is 3.45. The van der Waals surface area contributed by atoms with Crippen molar-refractivity contribution in [3.8, 4) is 0 Å². The van der Waals surface area contributed by atoms with Crippen molar-refractivity contribution in [2.24, 2.45) is 5.41 Å². The Balaban J connectivity index is 2.07. The van der Waals surface area contributed by atoms with Gasteiger partial charge in [0.05, 0.1) is 0 Å². The maximum absolute atomic E-state index is 13.2. The fourth-order valence-electron chi connectivity index (χ4n) is 2.36. The van der Waals surface area contributed by atoms with E-state index < -0.39 is 17.1 Å². The zero-order valence-electron chi connectivity index (χ0n) is 14.0. The summed E-state index contributed by atoms with van der Waals surface area (Å²) in [5, 5.41) is 2.60. The molecule has 0 saturated carbocycles. The van der Waals surface area contributed by atoms with E-state index in [1.165, 1.54) is 23.1 Å². The van der Waals surface area contributed by atoms with E-state index in [1.807, 2.05) is 30.3 Å². The monoisotopic (exact) mass is 328 g/mol. The molecule has 0 radical (unpaired) electrons. The average molecular weight is 328 g/mol. The Kier molecular flexibility index (Phi) is 5.34. The van der Waals surface area contributed by atoms with Gasteiger partial charge in [-0.05, 0) is 37.6 Å². The number of nitrogens with zero attached hydrogens (tertiary/aromatic N) is 1. The Morgan fingerprint density at radius 2 is 1.75 bits per heavy atom. The topological polar surface area (TPSA) is 49.4 Å². The summed E-state index contributed by atoms with van der Waals surface area (Å²) in [6.45, 7) is 3.53. The lowest BCUT2D eigenvalue weighted by molar-refractivity contribution is -0.145. The highest BCUT2D eigenvalue weighted by Gasteiger charge is 2.38. The Bertz CT molecular complexity index is 729. The van der Waals surface area contributed by atoms with Gasteiger partial charge >= 0.3 is 0 Å². The maximum Gasteiger partial charge on any atom is 0.239 e. The molecule has 5 heteroatoms. The molecule has 0 spiro atoms. The second-order valence-corrected chi connectivity index (χ2v) is 6.24. The smallest absolute Gasteiger partial charge is 0.239 e. The van der Waals surface area contributed by atoms with Gasteiger partial charge in [0.1, 0.15) is 11.2 Å². The van der Waals surface area contributed by atoms with E-state index in [9.17, 15) is 14.0 Å². The van der Waals surface area contributed by atoms with Crippen LogP contribution in [0.15, 0.2) is 54.6 Å². The molecule has 2 amide bonds. The first-order chi connectivity index (χ1) is 11.3. The first kappa shape index (κ1) is 17.7. The lowest BCUT2D eigenvalue weighted by Gasteiger charge is -2.28. The van der Waals surface area contributed by atoms with Crippen LogP contribution in [0.4, 0.5) is 10.1 Å². The quantitative estimate of drug-likeness (QED) is 0.855. The van der Waals surface area contributed by atoms with Crippen LogP contribution in [0.5, 0.6) is 0 Å². The van der Waals surface area contributed by atoms with Crippen molar-refractivity contribution in [1.82, 2.24) is 4.90 Å². The third kappa shape index (κ3) is 4.19. The molecule has 2 rings (SSSR count). The number of hydrogen-bond donors (Lipinski definition) is 1. The van der Waals surface area contributed by atoms with Gasteiger partial charge in [0.15, 0.2) is 0 Å². The van der Waals surface area contributed by atoms with Crippen LogP contribution in [0.3, 0.4) is 0 Å². The first-order valence-corrected chi connectivity index (χ1v) is 7.67. The molecule has 0 unspecified atom stereocenters. The van der Waals surface area contributed by atoms with Crippen LogP contribution in [0, 0.1) is 11.2 Å². The number of anilines is 1. The largest absolute Gasteiger partial charge is 0.341 e. The van der Waals surface area contributed by atoms with E-state index in [-0.39, 0.29) is 5.91 Å². The third-order valence-corrected chi connectivity index (χ3v) is 3.79. The van der Waals surface area contributed by atoms with Crippen molar-refractivity contribution in [2.75, 3.05) is 12.4 Å². The molecule has 0 heterocycles. The van der Waals surface area contributed by atoms with Gasteiger partial charge in [0.2, 0.25) is 11.8 Å². The molecule has 0 aliphatic carbocycles. The van der Waals surface area contributed by atoms with Gasteiger partial charge in [-0.2, -0.15) is 0 Å². The summed E-state index contributed by atoms with van der Waals surface area (Å²) in [4.78, 5) is 26.6. The number of nitrogens with one attached hydrogen (secondary N) is 1. The zero-order valence-corrected chi connectivity index (χ0v) is 14.0. The van der Waals surface area contributed by atoms with Crippen molar-refractivity contribution in [3.05, 3.63) is 66.0 Å². The normalized spacial score (nSPS) is 11.0. The number of rotatable bonds is 5. The summed E-state index contributed by atoms with van der Waals surface area (Å²) < 4.78 is 13.2. The highest BCUT2D eigenvalue weighted by molar-refractivity contribution is 6.09. The second-order valence-electron chi connectivity index (χ2n) is 6.24. The van der Waals surface area contributed by atoms with Gasteiger partial charge in [-0.1, -0.05) is 36.4 Å². The Morgan fingerprint density at radius 3 is 2.38 bits per heavy atom. The lowest BCUT2D eigenvalue weighted by atomic mass is 9.90. The first-order valence-electron chi connectivity index (χ1n) is 7.67. The van der Waals surface area contributed by atoms with Gasteiger partial charge in [0.25, 0.3) is 0 Å². The van der Waals surface area contributed by atoms with Crippen LogP contribution in [0.2, 0.25) is 0 Å². The van der Waals surface area contributed by atoms with Crippen molar-refractivity contribution in [3.63, 3.8) is 0 Å². The van der Waals surface area contributed by atoms with E-state index in [0.29, 0.717) is 12.2 Å². The fourth-order valence-corrected chi connectivity index (χ4v) is 2.36. The van der Waals surface area contributed by atoms with Gasteiger partial charge in [-0.15, -0.1) is 0 Å². The van der Waals surface area contributed by atoms with Crippen LogP contribution in [0.25, 0.3) is 0 Å². The number of halogens is 1. The molecule has 0 aromatic heterocycles. The molecule has 0 aliphatic rings. The third-order valence-electron chi connectivity index (χ3n) is 3.79. The standard InChI is InChI=1S/C19H21FN2O2/c1-19(2,17(23)21-16-11-7-10-15(20)12-16)18(24)22(3)13-14-8-5-4-6-9-14/h4-12H,13H2,1-3H3,(H,21,23). The van der Waals surface area contributed by atoms with Gasteiger partial charge in [-0.25, -0.2) is 4.39 Å². The second kappa shape index (κ2) is 7.25. The fraction of sp³-hybridized carbons (Fsp3) is 0.263. The molecular weight excluding hydrogens is 307 g/mol. The zero-order chi connectivity index (χ0) is 17.7. The van der Waals surface area contributed by atoms with Crippen molar-refractivity contribution < 1.29 is 14.0 Å². The minimum Gasteiger partial charge on any atom is -0.341 e. The molecule has 24 heavy (non-hydrogen) atoms. The molecule has 0 fully saturated rings. The Hall–Kier alpha value is -2.69. The summed E-state index contributed by atoms with van der Waals surface area (Å²) in [6.07, 6.45) is 0.